The van der Waals surface area contributed by atoms with E-state index in [1.54, 1.807) is 36.4 Å². The van der Waals surface area contributed by atoms with Crippen LogP contribution in [0.3, 0.4) is 0 Å². The number of amides is 1. The van der Waals surface area contributed by atoms with E-state index in [1.807, 2.05) is 6.92 Å². The number of amidine groups is 1. The fourth-order valence-electron chi connectivity index (χ4n) is 3.60. The van der Waals surface area contributed by atoms with Crippen LogP contribution in [0, 0.1) is 5.41 Å². The van der Waals surface area contributed by atoms with Crippen molar-refractivity contribution in [1.29, 1.82) is 5.41 Å². The number of nitrogens with zero attached hydrogens (tertiary/aromatic N) is 1. The topological polar surface area (TPSA) is 221 Å². The number of carboxylic acids is 2. The first kappa shape index (κ1) is 34.7. The lowest BCUT2D eigenvalue weighted by Gasteiger charge is -2.16. The van der Waals surface area contributed by atoms with Crippen LogP contribution in [0.4, 0.5) is 13.2 Å². The van der Waals surface area contributed by atoms with Crippen molar-refractivity contribution < 1.29 is 51.0 Å². The molecule has 2 aromatic carbocycles. The summed E-state index contributed by atoms with van der Waals surface area (Å²) in [5.74, 6) is -4.73. The lowest BCUT2D eigenvalue weighted by atomic mass is 10.0. The molecule has 13 nitrogen and oxygen atoms in total. The van der Waals surface area contributed by atoms with Crippen LogP contribution in [0.25, 0.3) is 0 Å². The van der Waals surface area contributed by atoms with Crippen molar-refractivity contribution in [1.82, 2.24) is 10.0 Å². The van der Waals surface area contributed by atoms with E-state index in [1.165, 1.54) is 12.1 Å². The van der Waals surface area contributed by atoms with E-state index < -0.39 is 52.7 Å². The van der Waals surface area contributed by atoms with Crippen LogP contribution in [0.5, 0.6) is 0 Å². The number of rotatable bonds is 12. The Hall–Kier alpha value is -4.51. The van der Waals surface area contributed by atoms with Gasteiger partial charge in [-0.2, -0.15) is 17.9 Å². The second-order valence-corrected chi connectivity index (χ2v) is 10.9. The van der Waals surface area contributed by atoms with Gasteiger partial charge in [0, 0.05) is 18.5 Å². The van der Waals surface area contributed by atoms with Crippen LogP contribution in [0.2, 0.25) is 0 Å². The highest BCUT2D eigenvalue weighted by molar-refractivity contribution is 7.89. The molecule has 1 heterocycles. The Morgan fingerprint density at radius 3 is 2.19 bits per heavy atom. The van der Waals surface area contributed by atoms with Crippen molar-refractivity contribution in [3.8, 4) is 0 Å². The molecule has 43 heavy (non-hydrogen) atoms. The Balaban J connectivity index is 0.000000821. The predicted octanol–water partition coefficient (Wildman–Crippen LogP) is 1.99. The van der Waals surface area contributed by atoms with Crippen molar-refractivity contribution in [3.63, 3.8) is 0 Å². The predicted molar refractivity (Wildman–Crippen MR) is 147 cm³/mol. The fourth-order valence-corrected chi connectivity index (χ4v) is 4.79. The summed E-state index contributed by atoms with van der Waals surface area (Å²) < 4.78 is 59.1. The van der Waals surface area contributed by atoms with E-state index in [4.69, 9.17) is 25.9 Å². The van der Waals surface area contributed by atoms with Gasteiger partial charge in [-0.05, 0) is 29.7 Å². The lowest BCUT2D eigenvalue weighted by molar-refractivity contribution is -0.192. The molecule has 1 unspecified atom stereocenters. The van der Waals surface area contributed by atoms with E-state index in [2.05, 4.69) is 15.2 Å². The number of benzene rings is 2. The molecule has 0 radical (unpaired) electrons. The molecule has 2 atom stereocenters. The number of nitrogens with two attached hydrogens (primary N) is 1. The minimum absolute atomic E-state index is 0.0486. The molecular formula is C26H30F3N5O8S. The third-order valence-electron chi connectivity index (χ3n) is 5.79. The molecule has 234 valence electrons. The molecule has 7 N–H and O–H groups in total. The number of halogens is 3. The monoisotopic (exact) mass is 629 g/mol. The van der Waals surface area contributed by atoms with Crippen LogP contribution < -0.4 is 15.8 Å². The minimum atomic E-state index is -5.08. The number of nitrogen functional groups attached to an aromatic ring is 1. The first-order valence-electron chi connectivity index (χ1n) is 12.6. The van der Waals surface area contributed by atoms with Crippen LogP contribution in [-0.4, -0.2) is 72.9 Å². The van der Waals surface area contributed by atoms with Crippen molar-refractivity contribution in [3.05, 3.63) is 65.2 Å². The summed E-state index contributed by atoms with van der Waals surface area (Å²) in [6.45, 7) is 1.58. The number of aryl methyl sites for hydroxylation is 1. The third kappa shape index (κ3) is 11.0. The van der Waals surface area contributed by atoms with Gasteiger partial charge in [0.25, 0.3) is 0 Å². The van der Waals surface area contributed by atoms with Gasteiger partial charge in [0.2, 0.25) is 15.9 Å². The van der Waals surface area contributed by atoms with Crippen molar-refractivity contribution >= 4 is 39.4 Å². The molecule has 0 aromatic heterocycles. The van der Waals surface area contributed by atoms with Crippen molar-refractivity contribution in [2.45, 2.75) is 55.8 Å². The zero-order chi connectivity index (χ0) is 32.4. The molecule has 0 saturated carbocycles. The summed E-state index contributed by atoms with van der Waals surface area (Å²) in [5, 5.41) is 30.5. The number of carbonyl (C=O) groups excluding carboxylic acids is 1. The highest BCUT2D eigenvalue weighted by Crippen LogP contribution is 2.19. The van der Waals surface area contributed by atoms with Crippen LogP contribution >= 0.6 is 0 Å². The molecule has 1 amide bonds. The van der Waals surface area contributed by atoms with Crippen LogP contribution in [0.15, 0.2) is 58.6 Å². The highest BCUT2D eigenvalue weighted by Gasteiger charge is 2.38. The van der Waals surface area contributed by atoms with Crippen molar-refractivity contribution in [2.24, 2.45) is 10.9 Å². The van der Waals surface area contributed by atoms with E-state index in [0.717, 1.165) is 24.0 Å². The van der Waals surface area contributed by atoms with Gasteiger partial charge < -0.3 is 26.1 Å². The minimum Gasteiger partial charge on any atom is -0.480 e. The largest absolute Gasteiger partial charge is 0.490 e. The maximum absolute atomic E-state index is 12.6. The Morgan fingerprint density at radius 2 is 1.70 bits per heavy atom. The number of alkyl halides is 3. The summed E-state index contributed by atoms with van der Waals surface area (Å²) in [4.78, 5) is 38.2. The summed E-state index contributed by atoms with van der Waals surface area (Å²) in [6, 6.07) is 11.5. The molecule has 3 rings (SSSR count). The molecule has 2 aromatic rings. The van der Waals surface area contributed by atoms with Gasteiger partial charge in [-0.3, -0.25) is 15.0 Å². The number of sulfonamides is 1. The Labute approximate surface area is 244 Å². The summed E-state index contributed by atoms with van der Waals surface area (Å²) in [6.07, 6.45) is -3.64. The van der Waals surface area contributed by atoms with E-state index >= 15 is 0 Å². The first-order chi connectivity index (χ1) is 20.0. The molecule has 0 fully saturated rings. The zero-order valence-electron chi connectivity index (χ0n) is 22.7. The molecule has 1 aliphatic heterocycles. The maximum Gasteiger partial charge on any atom is 0.490 e. The van der Waals surface area contributed by atoms with Gasteiger partial charge in [-0.1, -0.05) is 54.9 Å². The van der Waals surface area contributed by atoms with E-state index in [9.17, 15) is 36.3 Å². The Morgan fingerprint density at radius 1 is 1.12 bits per heavy atom. The molecule has 1 aliphatic rings. The number of carboxylic acid groups (broad SMARTS) is 2. The number of hydrogen-bond donors (Lipinski definition) is 6. The molecule has 17 heteroatoms. The lowest BCUT2D eigenvalue weighted by Crippen LogP contribution is -2.48. The van der Waals surface area contributed by atoms with Gasteiger partial charge in [0.05, 0.1) is 17.0 Å². The van der Waals surface area contributed by atoms with Gasteiger partial charge in [0.15, 0.2) is 0 Å². The SMILES string of the molecule is CCCc1ccc(S(=O)(=O)N[C@@H](CNC(=O)CC2CC(c3ccc(C(=N)N)cc3)=NO2)C(=O)O)cc1.O=C(O)C(F)(F)F. The normalized spacial score (nSPS) is 15.3. The van der Waals surface area contributed by atoms with Crippen LogP contribution in [0.1, 0.15) is 42.9 Å². The Kier molecular flexibility index (Phi) is 12.2. The van der Waals surface area contributed by atoms with Crippen molar-refractivity contribution in [2.75, 3.05) is 6.54 Å². The second-order valence-electron chi connectivity index (χ2n) is 9.18. The Bertz CT molecular complexity index is 1450. The van der Waals surface area contributed by atoms with Gasteiger partial charge in [0.1, 0.15) is 18.0 Å². The number of nitrogens with one attached hydrogen (secondary N) is 3. The number of hydrogen-bond acceptors (Lipinski definition) is 8. The van der Waals surface area contributed by atoms with E-state index in [0.29, 0.717) is 17.7 Å². The molecule has 0 spiro atoms. The molecular weight excluding hydrogens is 599 g/mol. The summed E-state index contributed by atoms with van der Waals surface area (Å²) in [7, 11) is -4.10. The smallest absolute Gasteiger partial charge is 0.480 e. The first-order valence-corrected chi connectivity index (χ1v) is 14.1. The standard InChI is InChI=1S/C24H29N5O6S.C2HF3O2/c1-2-3-15-4-10-19(11-5-15)36(33,34)29-21(24(31)32)14-27-22(30)13-18-12-20(28-35-18)16-6-8-17(9-7-16)23(25)26;3-2(4,5)1(6)7/h4-11,18,21,29H,2-3,12-14H2,1H3,(H3,25,26)(H,27,30)(H,31,32);(H,6,7)/t18?,21-;/m0./s1. The maximum atomic E-state index is 12.6. The molecule has 0 bridgehead atoms. The summed E-state index contributed by atoms with van der Waals surface area (Å²) >= 11 is 0. The fraction of sp³-hybridized carbons (Fsp3) is 0.346. The average Bonchev–Trinajstić information content (AvgIpc) is 3.39. The van der Waals surface area contributed by atoms with Gasteiger partial charge in [-0.25, -0.2) is 13.2 Å². The van der Waals surface area contributed by atoms with E-state index in [-0.39, 0.29) is 17.2 Å². The highest BCUT2D eigenvalue weighted by atomic mass is 32.2. The summed E-state index contributed by atoms with van der Waals surface area (Å²) in [5.41, 5.74) is 8.40. The number of carbonyl (C=O) groups is 3. The number of aliphatic carboxylic acids is 2. The molecule has 0 aliphatic carbocycles. The number of oxime groups is 1. The van der Waals surface area contributed by atoms with Gasteiger partial charge in [-0.15, -0.1) is 0 Å². The zero-order valence-corrected chi connectivity index (χ0v) is 23.5. The molecule has 0 saturated heterocycles. The average molecular weight is 630 g/mol. The quantitative estimate of drug-likeness (QED) is 0.149. The second kappa shape index (κ2) is 15.1. The van der Waals surface area contributed by atoms with Crippen LogP contribution in [-0.2, 0) is 35.7 Å². The third-order valence-corrected chi connectivity index (χ3v) is 7.28. The van der Waals surface area contributed by atoms with Gasteiger partial charge >= 0.3 is 18.1 Å².